The Labute approximate surface area is 205 Å². The lowest BCUT2D eigenvalue weighted by Gasteiger charge is -2.09. The van der Waals surface area contributed by atoms with Gasteiger partial charge < -0.3 is 5.32 Å². The summed E-state index contributed by atoms with van der Waals surface area (Å²) >= 11 is 1.53. The number of halogens is 4. The van der Waals surface area contributed by atoms with Crippen molar-refractivity contribution in [2.24, 2.45) is 0 Å². The first-order valence-corrected chi connectivity index (χ1v) is 10.9. The lowest BCUT2D eigenvalue weighted by atomic mass is 10.0. The second-order valence-electron chi connectivity index (χ2n) is 7.32. The second-order valence-corrected chi connectivity index (χ2v) is 8.60. The third-order valence-corrected chi connectivity index (χ3v) is 6.01. The molecule has 0 bridgehead atoms. The highest BCUT2D eigenvalue weighted by molar-refractivity contribution is 7.13. The first-order valence-electron chi connectivity index (χ1n) is 10.1. The molecule has 4 rings (SSSR count). The fourth-order valence-electron chi connectivity index (χ4n) is 3.38. The first-order chi connectivity index (χ1) is 15.8. The number of hydrogen-bond donors (Lipinski definition) is 1. The van der Waals surface area contributed by atoms with Gasteiger partial charge in [-0.05, 0) is 54.5 Å². The Morgan fingerprint density at radius 3 is 2.47 bits per heavy atom. The van der Waals surface area contributed by atoms with E-state index in [0.717, 1.165) is 38.2 Å². The molecule has 3 nitrogen and oxygen atoms in total. The summed E-state index contributed by atoms with van der Waals surface area (Å²) in [4.78, 5) is 18.6. The van der Waals surface area contributed by atoms with Crippen molar-refractivity contribution in [1.29, 1.82) is 0 Å². The van der Waals surface area contributed by atoms with Crippen LogP contribution in [0.3, 0.4) is 0 Å². The molecule has 2 aromatic carbocycles. The highest BCUT2D eigenvalue weighted by atomic mass is 35.5. The van der Waals surface area contributed by atoms with E-state index in [1.807, 2.05) is 43.3 Å². The lowest BCUT2D eigenvalue weighted by molar-refractivity contribution is -0.137. The number of rotatable bonds is 5. The Hall–Kier alpha value is -3.42. The molecule has 0 saturated carbocycles. The Balaban J connectivity index is 0.00000324. The van der Waals surface area contributed by atoms with E-state index in [0.29, 0.717) is 11.3 Å². The zero-order valence-corrected chi connectivity index (χ0v) is 19.6. The van der Waals surface area contributed by atoms with Crippen molar-refractivity contribution < 1.29 is 18.0 Å². The number of amides is 1. The van der Waals surface area contributed by atoms with E-state index in [2.05, 4.69) is 10.3 Å². The maximum atomic E-state index is 12.9. The average Bonchev–Trinajstić information content (AvgIpc) is 3.22. The Bertz CT molecular complexity index is 1350. The van der Waals surface area contributed by atoms with Gasteiger partial charge in [-0.3, -0.25) is 9.78 Å². The summed E-state index contributed by atoms with van der Waals surface area (Å²) in [7, 11) is 0. The molecule has 34 heavy (non-hydrogen) atoms. The highest BCUT2D eigenvalue weighted by Gasteiger charge is 2.30. The van der Waals surface area contributed by atoms with Crippen LogP contribution in [0.25, 0.3) is 16.3 Å². The fourth-order valence-corrected chi connectivity index (χ4v) is 4.29. The Morgan fingerprint density at radius 2 is 1.79 bits per heavy atom. The normalized spacial score (nSPS) is 12.1. The number of anilines is 1. The summed E-state index contributed by atoms with van der Waals surface area (Å²) in [5.74, 6) is -0.315. The smallest absolute Gasteiger partial charge is 0.322 e. The minimum absolute atomic E-state index is 0. The predicted octanol–water partition coefficient (Wildman–Crippen LogP) is 7.67. The van der Waals surface area contributed by atoms with Crippen molar-refractivity contribution in [3.05, 3.63) is 112 Å². The molecule has 0 unspecified atom stereocenters. The molecule has 2 aromatic heterocycles. The van der Waals surface area contributed by atoms with Gasteiger partial charge in [-0.1, -0.05) is 36.4 Å². The first kappa shape index (κ1) is 25.2. The molecule has 0 atom stereocenters. The van der Waals surface area contributed by atoms with Crippen LogP contribution in [0.15, 0.2) is 91.3 Å². The van der Waals surface area contributed by atoms with Crippen LogP contribution in [0.1, 0.15) is 20.9 Å². The number of thiophene rings is 1. The zero-order chi connectivity index (χ0) is 23.4. The van der Waals surface area contributed by atoms with Crippen molar-refractivity contribution in [1.82, 2.24) is 4.98 Å². The van der Waals surface area contributed by atoms with Crippen LogP contribution < -0.4 is 5.32 Å². The maximum Gasteiger partial charge on any atom is 0.416 e. The number of pyridine rings is 1. The quantitative estimate of drug-likeness (QED) is 0.225. The minimum atomic E-state index is -4.39. The van der Waals surface area contributed by atoms with E-state index in [1.165, 1.54) is 29.5 Å². The van der Waals surface area contributed by atoms with Crippen molar-refractivity contribution >= 4 is 51.7 Å². The summed E-state index contributed by atoms with van der Waals surface area (Å²) in [6.45, 7) is 1.96. The van der Waals surface area contributed by atoms with Crippen LogP contribution in [-0.4, -0.2) is 10.9 Å². The number of allylic oxidation sites excluding steroid dienone is 2. The standard InChI is InChI=1S/C26H19F3N2OS.ClH/c1-17-8-13-24(33-17)22(18-9-11-20(12-10-18)26(27,28)29)5-3-7-25(32)31-23-6-2-4-19-16-30-15-14-21(19)23;/h2-16H,1H3,(H,31,32);1H/b7-3+,22-5-;. The molecule has 0 fully saturated rings. The monoisotopic (exact) mass is 500 g/mol. The number of alkyl halides is 3. The van der Waals surface area contributed by atoms with E-state index in [-0.39, 0.29) is 18.3 Å². The van der Waals surface area contributed by atoms with Crippen LogP contribution >= 0.6 is 23.7 Å². The third-order valence-electron chi connectivity index (χ3n) is 4.98. The van der Waals surface area contributed by atoms with Gasteiger partial charge in [0.1, 0.15) is 0 Å². The topological polar surface area (TPSA) is 42.0 Å². The lowest BCUT2D eigenvalue weighted by Crippen LogP contribution is -2.08. The number of aryl methyl sites for hydroxylation is 1. The van der Waals surface area contributed by atoms with Crippen LogP contribution in [0.2, 0.25) is 0 Å². The number of carbonyl (C=O) groups is 1. The van der Waals surface area contributed by atoms with Gasteiger partial charge in [0, 0.05) is 44.7 Å². The van der Waals surface area contributed by atoms with E-state index >= 15 is 0 Å². The molecule has 0 saturated heterocycles. The van der Waals surface area contributed by atoms with Crippen LogP contribution in [-0.2, 0) is 11.0 Å². The Kier molecular flexibility index (Phi) is 7.91. The van der Waals surface area contributed by atoms with Gasteiger partial charge >= 0.3 is 6.18 Å². The van der Waals surface area contributed by atoms with E-state index in [9.17, 15) is 18.0 Å². The number of aromatic nitrogens is 1. The van der Waals surface area contributed by atoms with E-state index < -0.39 is 11.7 Å². The molecular formula is C26H20ClF3N2OS. The molecule has 0 aliphatic heterocycles. The van der Waals surface area contributed by atoms with Crippen LogP contribution in [0, 0.1) is 6.92 Å². The molecule has 2 heterocycles. The minimum Gasteiger partial charge on any atom is -0.322 e. The van der Waals surface area contributed by atoms with Gasteiger partial charge in [-0.25, -0.2) is 0 Å². The highest BCUT2D eigenvalue weighted by Crippen LogP contribution is 2.33. The number of fused-ring (bicyclic) bond motifs is 1. The number of carbonyl (C=O) groups excluding carboxylic acids is 1. The van der Waals surface area contributed by atoms with Crippen molar-refractivity contribution in [3.63, 3.8) is 0 Å². The summed E-state index contributed by atoms with van der Waals surface area (Å²) in [5, 5.41) is 4.65. The maximum absolute atomic E-state index is 12.9. The largest absolute Gasteiger partial charge is 0.416 e. The van der Waals surface area contributed by atoms with Crippen molar-refractivity contribution in [2.75, 3.05) is 5.32 Å². The molecule has 0 aliphatic rings. The van der Waals surface area contributed by atoms with Crippen molar-refractivity contribution in [2.45, 2.75) is 13.1 Å². The van der Waals surface area contributed by atoms with Gasteiger partial charge in [0.15, 0.2) is 0 Å². The zero-order valence-electron chi connectivity index (χ0n) is 18.0. The number of hydrogen-bond acceptors (Lipinski definition) is 3. The second kappa shape index (κ2) is 10.7. The number of benzene rings is 2. The van der Waals surface area contributed by atoms with Crippen LogP contribution in [0.4, 0.5) is 18.9 Å². The van der Waals surface area contributed by atoms with Gasteiger partial charge in [-0.2, -0.15) is 13.2 Å². The van der Waals surface area contributed by atoms with Gasteiger partial charge in [-0.15, -0.1) is 23.7 Å². The fraction of sp³-hybridized carbons (Fsp3) is 0.0769. The summed E-state index contributed by atoms with van der Waals surface area (Å²) in [5.41, 5.74) is 1.34. The average molecular weight is 501 g/mol. The summed E-state index contributed by atoms with van der Waals surface area (Å²) in [6.07, 6.45) is 3.73. The molecule has 0 spiro atoms. The molecule has 0 radical (unpaired) electrons. The van der Waals surface area contributed by atoms with E-state index in [1.54, 1.807) is 24.5 Å². The van der Waals surface area contributed by atoms with Gasteiger partial charge in [0.2, 0.25) is 5.91 Å². The summed E-state index contributed by atoms with van der Waals surface area (Å²) in [6, 6.07) is 16.3. The van der Waals surface area contributed by atoms with E-state index in [4.69, 9.17) is 0 Å². The molecule has 0 aliphatic carbocycles. The SMILES string of the molecule is Cc1ccc(/C(=C\C=C\C(=O)Nc2cccc3cnccc23)c2ccc(C(F)(F)F)cc2)s1.Cl. The molecule has 4 aromatic rings. The molecule has 8 heteroatoms. The predicted molar refractivity (Wildman–Crippen MR) is 134 cm³/mol. The van der Waals surface area contributed by atoms with Gasteiger partial charge in [0.05, 0.1) is 5.56 Å². The van der Waals surface area contributed by atoms with Gasteiger partial charge in [0.25, 0.3) is 0 Å². The van der Waals surface area contributed by atoms with Crippen LogP contribution in [0.5, 0.6) is 0 Å². The third kappa shape index (κ3) is 5.92. The molecular weight excluding hydrogens is 481 g/mol. The number of nitrogens with zero attached hydrogens (tertiary/aromatic N) is 1. The summed E-state index contributed by atoms with van der Waals surface area (Å²) < 4.78 is 38.8. The molecule has 174 valence electrons. The Morgan fingerprint density at radius 1 is 1.03 bits per heavy atom. The van der Waals surface area contributed by atoms with Crippen molar-refractivity contribution in [3.8, 4) is 0 Å². The molecule has 1 N–H and O–H groups in total. The molecule has 1 amide bonds. The number of nitrogens with one attached hydrogen (secondary N) is 1.